The summed E-state index contributed by atoms with van der Waals surface area (Å²) in [6.45, 7) is 4.08. The maximum Gasteiger partial charge on any atom is 0.242 e. The van der Waals surface area contributed by atoms with E-state index in [0.29, 0.717) is 17.1 Å². The lowest BCUT2D eigenvalue weighted by molar-refractivity contribution is -0.140. The standard InChI is InChI=1S/C25H32ClF2N3O4S/c1-4-5-14-29-25(33)18(2)30(17-19-9-6-7-10-21(19)26)24(32)11-8-15-31(36(3,34)35)20-12-13-22(27)23(28)16-20/h6-7,9-10,12-13,16,18H,4-5,8,11,14-15,17H2,1-3H3,(H,29,33)/t18-/m0/s1. The predicted molar refractivity (Wildman–Crippen MR) is 137 cm³/mol. The average Bonchev–Trinajstić information content (AvgIpc) is 2.82. The van der Waals surface area contributed by atoms with E-state index in [-0.39, 0.29) is 43.4 Å². The van der Waals surface area contributed by atoms with Crippen LogP contribution in [0.3, 0.4) is 0 Å². The van der Waals surface area contributed by atoms with Crippen molar-refractivity contribution in [3.63, 3.8) is 0 Å². The molecule has 198 valence electrons. The van der Waals surface area contributed by atoms with Crippen molar-refractivity contribution in [2.24, 2.45) is 0 Å². The molecule has 0 saturated carbocycles. The second kappa shape index (κ2) is 13.5. The number of amides is 2. The molecule has 0 bridgehead atoms. The summed E-state index contributed by atoms with van der Waals surface area (Å²) < 4.78 is 52.5. The van der Waals surface area contributed by atoms with Crippen LogP contribution in [0.2, 0.25) is 5.02 Å². The zero-order chi connectivity index (χ0) is 26.9. The number of hydrogen-bond donors (Lipinski definition) is 1. The molecule has 0 aliphatic heterocycles. The number of unbranched alkanes of at least 4 members (excludes halogenated alkanes) is 1. The fraction of sp³-hybridized carbons (Fsp3) is 0.440. The Hall–Kier alpha value is -2.72. The fourth-order valence-corrected chi connectivity index (χ4v) is 4.73. The van der Waals surface area contributed by atoms with E-state index < -0.39 is 27.7 Å². The summed E-state index contributed by atoms with van der Waals surface area (Å²) in [7, 11) is -3.82. The van der Waals surface area contributed by atoms with E-state index in [1.807, 2.05) is 6.92 Å². The van der Waals surface area contributed by atoms with Gasteiger partial charge in [0.2, 0.25) is 21.8 Å². The van der Waals surface area contributed by atoms with Crippen molar-refractivity contribution in [3.8, 4) is 0 Å². The zero-order valence-corrected chi connectivity index (χ0v) is 22.2. The van der Waals surface area contributed by atoms with Gasteiger partial charge < -0.3 is 10.2 Å². The van der Waals surface area contributed by atoms with Gasteiger partial charge in [-0.3, -0.25) is 13.9 Å². The molecule has 1 atom stereocenters. The van der Waals surface area contributed by atoms with Crippen LogP contribution >= 0.6 is 11.6 Å². The second-order valence-corrected chi connectivity index (χ2v) is 10.8. The van der Waals surface area contributed by atoms with Crippen molar-refractivity contribution < 1.29 is 26.8 Å². The van der Waals surface area contributed by atoms with E-state index in [0.717, 1.165) is 41.6 Å². The van der Waals surface area contributed by atoms with Crippen molar-refractivity contribution >= 4 is 39.1 Å². The Kier molecular flexibility index (Phi) is 11.1. The number of nitrogens with zero attached hydrogens (tertiary/aromatic N) is 2. The highest BCUT2D eigenvalue weighted by molar-refractivity contribution is 7.92. The Balaban J connectivity index is 2.17. The maximum absolute atomic E-state index is 13.7. The molecule has 36 heavy (non-hydrogen) atoms. The van der Waals surface area contributed by atoms with Crippen molar-refractivity contribution in [1.29, 1.82) is 0 Å². The molecule has 11 heteroatoms. The third kappa shape index (κ3) is 8.44. The summed E-state index contributed by atoms with van der Waals surface area (Å²) in [6.07, 6.45) is 2.68. The molecule has 2 rings (SSSR count). The average molecular weight is 544 g/mol. The Morgan fingerprint density at radius 1 is 1.08 bits per heavy atom. The smallest absolute Gasteiger partial charge is 0.242 e. The molecular weight excluding hydrogens is 512 g/mol. The van der Waals surface area contributed by atoms with Crippen LogP contribution in [0.15, 0.2) is 42.5 Å². The first-order valence-electron chi connectivity index (χ1n) is 11.7. The van der Waals surface area contributed by atoms with Gasteiger partial charge in [0.15, 0.2) is 11.6 Å². The topological polar surface area (TPSA) is 86.8 Å². The molecule has 0 heterocycles. The number of halogens is 3. The van der Waals surface area contributed by atoms with Crippen LogP contribution in [-0.2, 0) is 26.2 Å². The van der Waals surface area contributed by atoms with Crippen molar-refractivity contribution in [2.45, 2.75) is 52.1 Å². The molecule has 2 aromatic carbocycles. The fourth-order valence-electron chi connectivity index (χ4n) is 3.57. The highest BCUT2D eigenvalue weighted by atomic mass is 35.5. The minimum Gasteiger partial charge on any atom is -0.354 e. The monoisotopic (exact) mass is 543 g/mol. The number of carbonyl (C=O) groups is 2. The first kappa shape index (κ1) is 29.5. The Bertz CT molecular complexity index is 1160. The highest BCUT2D eigenvalue weighted by Gasteiger charge is 2.27. The van der Waals surface area contributed by atoms with Crippen molar-refractivity contribution in [1.82, 2.24) is 10.2 Å². The third-order valence-corrected chi connectivity index (χ3v) is 7.20. The van der Waals surface area contributed by atoms with Gasteiger partial charge in [-0.15, -0.1) is 0 Å². The second-order valence-electron chi connectivity index (χ2n) is 8.47. The quantitative estimate of drug-likeness (QED) is 0.377. The predicted octanol–water partition coefficient (Wildman–Crippen LogP) is 4.50. The van der Waals surface area contributed by atoms with Crippen LogP contribution in [0.4, 0.5) is 14.5 Å². The third-order valence-electron chi connectivity index (χ3n) is 5.64. The van der Waals surface area contributed by atoms with Gasteiger partial charge in [0.05, 0.1) is 11.9 Å². The van der Waals surface area contributed by atoms with Crippen molar-refractivity contribution in [2.75, 3.05) is 23.7 Å². The van der Waals surface area contributed by atoms with Gasteiger partial charge in [-0.25, -0.2) is 17.2 Å². The lowest BCUT2D eigenvalue weighted by atomic mass is 10.1. The molecular formula is C25H32ClF2N3O4S. The van der Waals surface area contributed by atoms with E-state index in [1.165, 1.54) is 4.90 Å². The number of rotatable bonds is 13. The summed E-state index contributed by atoms with van der Waals surface area (Å²) in [5.74, 6) is -2.94. The zero-order valence-electron chi connectivity index (χ0n) is 20.6. The molecule has 0 saturated heterocycles. The lowest BCUT2D eigenvalue weighted by Crippen LogP contribution is -2.48. The molecule has 0 spiro atoms. The molecule has 0 aromatic heterocycles. The number of benzene rings is 2. The van der Waals surface area contributed by atoms with Crippen LogP contribution in [0.1, 0.15) is 45.1 Å². The number of carbonyl (C=O) groups excluding carboxylic acids is 2. The Morgan fingerprint density at radius 2 is 1.78 bits per heavy atom. The highest BCUT2D eigenvalue weighted by Crippen LogP contribution is 2.22. The van der Waals surface area contributed by atoms with Gasteiger partial charge in [0.1, 0.15) is 6.04 Å². The van der Waals surface area contributed by atoms with Gasteiger partial charge in [-0.2, -0.15) is 0 Å². The summed E-state index contributed by atoms with van der Waals surface area (Å²) >= 11 is 6.28. The molecule has 0 radical (unpaired) electrons. The molecule has 0 aliphatic rings. The summed E-state index contributed by atoms with van der Waals surface area (Å²) in [6, 6.07) is 9.01. The van der Waals surface area contributed by atoms with Crippen LogP contribution in [-0.4, -0.2) is 50.5 Å². The first-order chi connectivity index (χ1) is 17.0. The van der Waals surface area contributed by atoms with Crippen LogP contribution < -0.4 is 9.62 Å². The van der Waals surface area contributed by atoms with Crippen molar-refractivity contribution in [3.05, 3.63) is 64.7 Å². The van der Waals surface area contributed by atoms with E-state index in [2.05, 4.69) is 5.32 Å². The first-order valence-corrected chi connectivity index (χ1v) is 13.9. The number of nitrogens with one attached hydrogen (secondary N) is 1. The van der Waals surface area contributed by atoms with Crippen LogP contribution in [0.25, 0.3) is 0 Å². The van der Waals surface area contributed by atoms with E-state index in [4.69, 9.17) is 11.6 Å². The summed E-state index contributed by atoms with van der Waals surface area (Å²) in [5.41, 5.74) is 0.626. The van der Waals surface area contributed by atoms with E-state index in [9.17, 15) is 26.8 Å². The van der Waals surface area contributed by atoms with Crippen LogP contribution in [0.5, 0.6) is 0 Å². The molecule has 0 fully saturated rings. The number of anilines is 1. The Labute approximate surface area is 216 Å². The number of hydrogen-bond acceptors (Lipinski definition) is 4. The lowest BCUT2D eigenvalue weighted by Gasteiger charge is -2.29. The molecule has 1 N–H and O–H groups in total. The Morgan fingerprint density at radius 3 is 2.39 bits per heavy atom. The van der Waals surface area contributed by atoms with Gasteiger partial charge in [-0.1, -0.05) is 43.1 Å². The molecule has 2 aromatic rings. The van der Waals surface area contributed by atoms with Crippen LogP contribution in [0, 0.1) is 11.6 Å². The van der Waals surface area contributed by atoms with Gasteiger partial charge in [-0.05, 0) is 43.5 Å². The maximum atomic E-state index is 13.7. The SMILES string of the molecule is CCCCNC(=O)[C@H](C)N(Cc1ccccc1Cl)C(=O)CCCN(c1ccc(F)c(F)c1)S(C)(=O)=O. The minimum absolute atomic E-state index is 0.0413. The normalized spacial score (nSPS) is 12.2. The van der Waals surface area contributed by atoms with E-state index in [1.54, 1.807) is 31.2 Å². The van der Waals surface area contributed by atoms with Gasteiger partial charge in [0, 0.05) is 37.1 Å². The molecule has 2 amide bonds. The minimum atomic E-state index is -3.82. The molecule has 0 unspecified atom stereocenters. The van der Waals surface area contributed by atoms with Gasteiger partial charge >= 0.3 is 0 Å². The summed E-state index contributed by atoms with van der Waals surface area (Å²) in [5, 5.41) is 3.28. The molecule has 0 aliphatic carbocycles. The van der Waals surface area contributed by atoms with Gasteiger partial charge in [0.25, 0.3) is 0 Å². The van der Waals surface area contributed by atoms with E-state index >= 15 is 0 Å². The number of sulfonamides is 1. The summed E-state index contributed by atoms with van der Waals surface area (Å²) in [4.78, 5) is 27.3. The molecule has 7 nitrogen and oxygen atoms in total. The largest absolute Gasteiger partial charge is 0.354 e.